The fourth-order valence-electron chi connectivity index (χ4n) is 1.92. The predicted octanol–water partition coefficient (Wildman–Crippen LogP) is 3.49. The fraction of sp³-hybridized carbons (Fsp3) is 0.462. The van der Waals surface area contributed by atoms with Crippen molar-refractivity contribution in [2.75, 3.05) is 23.4 Å². The lowest BCUT2D eigenvalue weighted by Crippen LogP contribution is -2.42. The Hall–Kier alpha value is -0.740. The van der Waals surface area contributed by atoms with Crippen LogP contribution in [0.2, 0.25) is 5.02 Å². The zero-order valence-electron chi connectivity index (χ0n) is 10.2. The topological polar surface area (TPSA) is 29.5 Å². The van der Waals surface area contributed by atoms with E-state index in [-0.39, 0.29) is 12.5 Å². The molecule has 0 spiro atoms. The molecule has 3 nitrogen and oxygen atoms in total. The molecule has 0 radical (unpaired) electrons. The normalized spacial score (nSPS) is 16.2. The number of hydrogen-bond donors (Lipinski definition) is 0. The number of halogens is 2. The molecule has 2 rings (SSSR count). The summed E-state index contributed by atoms with van der Waals surface area (Å²) in [5, 5.41) is 1.49. The number of anilines is 1. The molecular weight excluding hydrogens is 318 g/mol. The van der Waals surface area contributed by atoms with Gasteiger partial charge >= 0.3 is 0 Å². The summed E-state index contributed by atoms with van der Waals surface area (Å²) in [6, 6.07) is 5.37. The lowest BCUT2D eigenvalue weighted by Gasteiger charge is -2.31. The van der Waals surface area contributed by atoms with Gasteiger partial charge in [0, 0.05) is 16.9 Å². The maximum atomic E-state index is 12.0. The van der Waals surface area contributed by atoms with E-state index in [4.69, 9.17) is 16.3 Å². The standard InChI is InChI=1S/C13H15BrClNO2/c1-2-9(6-14)7-16-11-5-10(15)3-4-12(11)18-8-13(16)17/h3-5,9H,2,6-8H2,1H3. The molecule has 1 amide bonds. The minimum atomic E-state index is -0.0100. The van der Waals surface area contributed by atoms with E-state index in [1.54, 1.807) is 17.0 Å². The van der Waals surface area contributed by atoms with Gasteiger partial charge in [0.25, 0.3) is 5.91 Å². The van der Waals surface area contributed by atoms with Gasteiger partial charge in [-0.2, -0.15) is 0 Å². The molecule has 98 valence electrons. The number of amides is 1. The van der Waals surface area contributed by atoms with Crippen LogP contribution in [0.15, 0.2) is 18.2 Å². The van der Waals surface area contributed by atoms with Gasteiger partial charge in [0.05, 0.1) is 5.69 Å². The second kappa shape index (κ2) is 5.93. The highest BCUT2D eigenvalue weighted by atomic mass is 79.9. The molecule has 0 saturated heterocycles. The molecule has 1 atom stereocenters. The van der Waals surface area contributed by atoms with Crippen LogP contribution < -0.4 is 9.64 Å². The number of rotatable bonds is 4. The van der Waals surface area contributed by atoms with Crippen LogP contribution in [-0.4, -0.2) is 24.4 Å². The predicted molar refractivity (Wildman–Crippen MR) is 76.9 cm³/mol. The maximum absolute atomic E-state index is 12.0. The smallest absolute Gasteiger partial charge is 0.265 e. The van der Waals surface area contributed by atoms with Crippen molar-refractivity contribution in [3.05, 3.63) is 23.2 Å². The van der Waals surface area contributed by atoms with Crippen molar-refractivity contribution in [1.82, 2.24) is 0 Å². The van der Waals surface area contributed by atoms with E-state index in [0.29, 0.717) is 17.5 Å². The Labute approximate surface area is 120 Å². The van der Waals surface area contributed by atoms with Crippen molar-refractivity contribution in [1.29, 1.82) is 0 Å². The van der Waals surface area contributed by atoms with E-state index in [9.17, 15) is 4.79 Å². The van der Waals surface area contributed by atoms with Crippen molar-refractivity contribution < 1.29 is 9.53 Å². The Morgan fingerprint density at radius 2 is 2.33 bits per heavy atom. The largest absolute Gasteiger partial charge is 0.482 e. The minimum absolute atomic E-state index is 0.0100. The lowest BCUT2D eigenvalue weighted by atomic mass is 10.1. The molecule has 1 heterocycles. The highest BCUT2D eigenvalue weighted by Gasteiger charge is 2.27. The van der Waals surface area contributed by atoms with Crippen molar-refractivity contribution in [2.45, 2.75) is 13.3 Å². The van der Waals surface area contributed by atoms with E-state index in [1.807, 2.05) is 6.07 Å². The molecule has 1 aliphatic heterocycles. The average molecular weight is 333 g/mol. The number of fused-ring (bicyclic) bond motifs is 1. The Balaban J connectivity index is 2.29. The Morgan fingerprint density at radius 3 is 3.00 bits per heavy atom. The van der Waals surface area contributed by atoms with Crippen LogP contribution in [0.4, 0.5) is 5.69 Å². The Bertz CT molecular complexity index is 449. The molecule has 0 saturated carbocycles. The molecule has 0 N–H and O–H groups in total. The highest BCUT2D eigenvalue weighted by molar-refractivity contribution is 9.09. The SMILES string of the molecule is CCC(CBr)CN1C(=O)COc2ccc(Cl)cc21. The van der Waals surface area contributed by atoms with Gasteiger partial charge in [-0.1, -0.05) is 40.9 Å². The van der Waals surface area contributed by atoms with E-state index < -0.39 is 0 Å². The summed E-state index contributed by atoms with van der Waals surface area (Å²) in [5.74, 6) is 1.14. The molecule has 1 aromatic carbocycles. The van der Waals surface area contributed by atoms with Crippen molar-refractivity contribution in [3.63, 3.8) is 0 Å². The molecule has 0 aliphatic carbocycles. The van der Waals surface area contributed by atoms with E-state index in [1.165, 1.54) is 0 Å². The fourth-order valence-corrected chi connectivity index (χ4v) is 2.75. The summed E-state index contributed by atoms with van der Waals surface area (Å²) in [4.78, 5) is 13.8. The van der Waals surface area contributed by atoms with E-state index in [2.05, 4.69) is 22.9 Å². The summed E-state index contributed by atoms with van der Waals surface area (Å²) < 4.78 is 5.41. The third-order valence-corrected chi connectivity index (χ3v) is 4.25. The van der Waals surface area contributed by atoms with Gasteiger partial charge in [0.15, 0.2) is 6.61 Å². The average Bonchev–Trinajstić information content (AvgIpc) is 2.38. The van der Waals surface area contributed by atoms with Crippen LogP contribution >= 0.6 is 27.5 Å². The Kier molecular flexibility index (Phi) is 4.51. The number of ether oxygens (including phenoxy) is 1. The first-order valence-corrected chi connectivity index (χ1v) is 7.44. The van der Waals surface area contributed by atoms with Crippen LogP contribution in [0.3, 0.4) is 0 Å². The Morgan fingerprint density at radius 1 is 1.56 bits per heavy atom. The number of benzene rings is 1. The number of carbonyl (C=O) groups is 1. The zero-order chi connectivity index (χ0) is 13.1. The van der Waals surface area contributed by atoms with Gasteiger partial charge in [-0.05, 0) is 24.1 Å². The molecule has 5 heteroatoms. The monoisotopic (exact) mass is 331 g/mol. The molecular formula is C13H15BrClNO2. The third kappa shape index (κ3) is 2.81. The highest BCUT2D eigenvalue weighted by Crippen LogP contribution is 2.35. The van der Waals surface area contributed by atoms with Gasteiger partial charge in [-0.15, -0.1) is 0 Å². The van der Waals surface area contributed by atoms with Crippen molar-refractivity contribution in [3.8, 4) is 5.75 Å². The van der Waals surface area contributed by atoms with Crippen molar-refractivity contribution in [2.24, 2.45) is 5.92 Å². The van der Waals surface area contributed by atoms with Gasteiger partial charge in [-0.3, -0.25) is 4.79 Å². The van der Waals surface area contributed by atoms with Crippen LogP contribution in [-0.2, 0) is 4.79 Å². The number of nitrogens with zero attached hydrogens (tertiary/aromatic N) is 1. The molecule has 1 aromatic rings. The summed E-state index contributed by atoms with van der Waals surface area (Å²) >= 11 is 9.47. The first-order valence-electron chi connectivity index (χ1n) is 5.94. The van der Waals surface area contributed by atoms with Crippen molar-refractivity contribution >= 4 is 39.1 Å². The van der Waals surface area contributed by atoms with Gasteiger partial charge in [-0.25, -0.2) is 0 Å². The second-order valence-corrected chi connectivity index (χ2v) is 5.42. The first kappa shape index (κ1) is 13.7. The summed E-state index contributed by atoms with van der Waals surface area (Å²) in [6.45, 7) is 2.92. The third-order valence-electron chi connectivity index (χ3n) is 3.10. The molecule has 1 aliphatic rings. The van der Waals surface area contributed by atoms with Crippen LogP contribution in [0, 0.1) is 5.92 Å². The lowest BCUT2D eigenvalue weighted by molar-refractivity contribution is -0.121. The number of carbonyl (C=O) groups excluding carboxylic acids is 1. The van der Waals surface area contributed by atoms with E-state index in [0.717, 1.165) is 23.2 Å². The molecule has 18 heavy (non-hydrogen) atoms. The summed E-state index contributed by atoms with van der Waals surface area (Å²) in [5.41, 5.74) is 0.776. The maximum Gasteiger partial charge on any atom is 0.265 e. The first-order chi connectivity index (χ1) is 8.65. The van der Waals surface area contributed by atoms with Gasteiger partial charge in [0.2, 0.25) is 0 Å². The molecule has 0 bridgehead atoms. The zero-order valence-corrected chi connectivity index (χ0v) is 12.5. The van der Waals surface area contributed by atoms with Crippen LogP contribution in [0.5, 0.6) is 5.75 Å². The summed E-state index contributed by atoms with van der Waals surface area (Å²) in [6.07, 6.45) is 1.02. The minimum Gasteiger partial charge on any atom is -0.482 e. The summed E-state index contributed by atoms with van der Waals surface area (Å²) in [7, 11) is 0. The second-order valence-electron chi connectivity index (χ2n) is 4.33. The van der Waals surface area contributed by atoms with Crippen LogP contribution in [0.1, 0.15) is 13.3 Å². The quantitative estimate of drug-likeness (QED) is 0.790. The number of hydrogen-bond acceptors (Lipinski definition) is 2. The molecule has 0 aromatic heterocycles. The van der Waals surface area contributed by atoms with E-state index >= 15 is 0 Å². The van der Waals surface area contributed by atoms with Gasteiger partial charge < -0.3 is 9.64 Å². The molecule has 1 unspecified atom stereocenters. The number of alkyl halides is 1. The van der Waals surface area contributed by atoms with Crippen LogP contribution in [0.25, 0.3) is 0 Å². The molecule has 0 fully saturated rings. The van der Waals surface area contributed by atoms with Gasteiger partial charge in [0.1, 0.15) is 5.75 Å².